The number of nitrogens with one attached hydrogen (secondary N) is 3. The van der Waals surface area contributed by atoms with Crippen LogP contribution in [0, 0.1) is 12.8 Å². The molecule has 1 aliphatic heterocycles. The first-order chi connectivity index (χ1) is 18.9. The molecule has 208 valence electrons. The number of nitrogens with zero attached hydrogens (tertiary/aromatic N) is 2. The van der Waals surface area contributed by atoms with Gasteiger partial charge in [0.1, 0.15) is 12.2 Å². The summed E-state index contributed by atoms with van der Waals surface area (Å²) in [5, 5.41) is 11.8. The molecule has 8 nitrogen and oxygen atoms in total. The number of anilines is 1. The van der Waals surface area contributed by atoms with Crippen LogP contribution in [0.25, 0.3) is 10.2 Å². The maximum absolute atomic E-state index is 13.5. The van der Waals surface area contributed by atoms with Gasteiger partial charge in [0.15, 0.2) is 0 Å². The van der Waals surface area contributed by atoms with Crippen LogP contribution in [-0.2, 0) is 16.1 Å². The minimum absolute atomic E-state index is 0.0153. The second kappa shape index (κ2) is 12.3. The van der Waals surface area contributed by atoms with Gasteiger partial charge >= 0.3 is 0 Å². The lowest BCUT2D eigenvalue weighted by Gasteiger charge is -2.31. The van der Waals surface area contributed by atoms with Gasteiger partial charge in [-0.15, -0.1) is 11.3 Å². The molecular weight excluding hydrogens is 510 g/mol. The largest absolute Gasteiger partial charge is 0.353 e. The fraction of sp³-hybridized carbons (Fsp3) is 0.500. The van der Waals surface area contributed by atoms with E-state index in [4.69, 9.17) is 0 Å². The van der Waals surface area contributed by atoms with Crippen LogP contribution >= 0.6 is 11.3 Å². The average Bonchev–Trinajstić information content (AvgIpc) is 3.53. The van der Waals surface area contributed by atoms with Gasteiger partial charge in [0.2, 0.25) is 11.8 Å². The molecule has 0 unspecified atom stereocenters. The number of aryl methyl sites for hydroxylation is 1. The minimum Gasteiger partial charge on any atom is -0.353 e. The van der Waals surface area contributed by atoms with Crippen molar-refractivity contribution >= 4 is 45.0 Å². The number of rotatable bonds is 8. The van der Waals surface area contributed by atoms with Crippen molar-refractivity contribution in [2.45, 2.75) is 71.0 Å². The van der Waals surface area contributed by atoms with Crippen LogP contribution in [0.15, 0.2) is 41.8 Å². The normalized spacial score (nSPS) is 20.1. The van der Waals surface area contributed by atoms with E-state index in [1.807, 2.05) is 60.2 Å². The van der Waals surface area contributed by atoms with Crippen molar-refractivity contribution in [1.29, 1.82) is 0 Å². The number of amides is 3. The molecule has 3 heterocycles. The van der Waals surface area contributed by atoms with Gasteiger partial charge in [-0.2, -0.15) is 0 Å². The number of thiophene rings is 1. The van der Waals surface area contributed by atoms with Crippen LogP contribution in [0.2, 0.25) is 0 Å². The van der Waals surface area contributed by atoms with Crippen molar-refractivity contribution in [3.8, 4) is 0 Å². The second-order valence-electron chi connectivity index (χ2n) is 10.8. The Labute approximate surface area is 234 Å². The molecular formula is C30H39N5O3S. The van der Waals surface area contributed by atoms with E-state index in [-0.39, 0.29) is 42.3 Å². The Hall–Kier alpha value is -3.17. The molecule has 3 N–H and O–H groups in total. The summed E-state index contributed by atoms with van der Waals surface area (Å²) in [4.78, 5) is 41.5. The number of piperidine rings is 1. The number of likely N-dealkylation sites (N-methyl/N-ethyl adjacent to an activating group) is 1. The van der Waals surface area contributed by atoms with Crippen molar-refractivity contribution in [2.75, 3.05) is 24.5 Å². The highest BCUT2D eigenvalue weighted by Gasteiger charge is 2.30. The zero-order valence-corrected chi connectivity index (χ0v) is 23.7. The summed E-state index contributed by atoms with van der Waals surface area (Å²) in [6.45, 7) is 6.53. The Bertz CT molecular complexity index is 1320. The minimum atomic E-state index is -0.160. The summed E-state index contributed by atoms with van der Waals surface area (Å²) in [6, 6.07) is 12.1. The molecule has 1 aromatic carbocycles. The van der Waals surface area contributed by atoms with Crippen LogP contribution < -0.4 is 20.9 Å². The first-order valence-electron chi connectivity index (χ1n) is 14.2. The summed E-state index contributed by atoms with van der Waals surface area (Å²) in [7, 11) is 0. The number of carbonyl (C=O) groups is 3. The Morgan fingerprint density at radius 1 is 1.00 bits per heavy atom. The second-order valence-corrected chi connectivity index (χ2v) is 11.8. The Morgan fingerprint density at radius 2 is 1.74 bits per heavy atom. The molecule has 2 aromatic heterocycles. The van der Waals surface area contributed by atoms with E-state index in [1.165, 1.54) is 0 Å². The molecule has 2 aliphatic rings. The van der Waals surface area contributed by atoms with E-state index >= 15 is 0 Å². The molecule has 39 heavy (non-hydrogen) atoms. The summed E-state index contributed by atoms with van der Waals surface area (Å²) in [5.41, 5.74) is 3.37. The third kappa shape index (κ3) is 6.36. The topological polar surface area (TPSA) is 95.5 Å². The number of aromatic nitrogens is 1. The van der Waals surface area contributed by atoms with Gasteiger partial charge in [0, 0.05) is 30.2 Å². The van der Waals surface area contributed by atoms with Gasteiger partial charge < -0.3 is 25.4 Å². The monoisotopic (exact) mass is 549 g/mol. The van der Waals surface area contributed by atoms with Gasteiger partial charge in [0.25, 0.3) is 5.91 Å². The molecule has 0 atom stereocenters. The van der Waals surface area contributed by atoms with E-state index in [9.17, 15) is 14.4 Å². The lowest BCUT2D eigenvalue weighted by atomic mass is 9.85. The lowest BCUT2D eigenvalue weighted by molar-refractivity contribution is -0.127. The highest BCUT2D eigenvalue weighted by atomic mass is 32.1. The number of fused-ring (bicyclic) bond motifs is 1. The summed E-state index contributed by atoms with van der Waals surface area (Å²) in [5.74, 6) is -0.0385. The Kier molecular flexibility index (Phi) is 8.67. The van der Waals surface area contributed by atoms with E-state index < -0.39 is 0 Å². The van der Waals surface area contributed by atoms with Gasteiger partial charge in [-0.05, 0) is 101 Å². The third-order valence-electron chi connectivity index (χ3n) is 8.10. The van der Waals surface area contributed by atoms with E-state index in [0.717, 1.165) is 73.1 Å². The smallest absolute Gasteiger partial charge is 0.268 e. The molecule has 9 heteroatoms. The SMILES string of the molecule is CCN(C(=O)Cn1c(C(=O)NC2CCC(C(=O)NC3CCNCC3)CC2)cc2sccc21)c1cccc(C)c1. The zero-order chi connectivity index (χ0) is 27.4. The number of hydrogen-bond donors (Lipinski definition) is 3. The third-order valence-corrected chi connectivity index (χ3v) is 8.95. The fourth-order valence-corrected chi connectivity index (χ4v) is 6.72. The molecule has 5 rings (SSSR count). The quantitative estimate of drug-likeness (QED) is 0.392. The van der Waals surface area contributed by atoms with Gasteiger partial charge in [-0.3, -0.25) is 14.4 Å². The molecule has 3 aromatic rings. The molecule has 2 fully saturated rings. The number of carbonyl (C=O) groups excluding carboxylic acids is 3. The van der Waals surface area contributed by atoms with Crippen molar-refractivity contribution in [3.63, 3.8) is 0 Å². The average molecular weight is 550 g/mol. The maximum atomic E-state index is 13.5. The summed E-state index contributed by atoms with van der Waals surface area (Å²) in [6.07, 6.45) is 5.08. The summed E-state index contributed by atoms with van der Waals surface area (Å²) < 4.78 is 2.84. The molecule has 1 saturated carbocycles. The number of hydrogen-bond acceptors (Lipinski definition) is 5. The standard InChI is InChI=1S/C30H39N5O3S/c1-3-34(24-6-4-5-20(2)17-24)28(36)19-35-25-13-16-39-27(25)18-26(35)30(38)33-22-9-7-21(8-10-22)29(37)32-23-11-14-31-15-12-23/h4-6,13,16-18,21-23,31H,3,7-12,14-15,19H2,1-2H3,(H,32,37)(H,33,38). The van der Waals surface area contributed by atoms with Crippen molar-refractivity contribution in [1.82, 2.24) is 20.5 Å². The fourth-order valence-electron chi connectivity index (χ4n) is 5.90. The molecule has 0 spiro atoms. The number of benzene rings is 1. The lowest BCUT2D eigenvalue weighted by Crippen LogP contribution is -2.46. The maximum Gasteiger partial charge on any atom is 0.268 e. The predicted molar refractivity (Wildman–Crippen MR) is 156 cm³/mol. The van der Waals surface area contributed by atoms with Crippen LogP contribution in [0.5, 0.6) is 0 Å². The highest BCUT2D eigenvalue weighted by Crippen LogP contribution is 2.28. The summed E-state index contributed by atoms with van der Waals surface area (Å²) >= 11 is 1.57. The van der Waals surface area contributed by atoms with Crippen LogP contribution in [-0.4, -0.2) is 54.0 Å². The molecule has 3 amide bonds. The van der Waals surface area contributed by atoms with E-state index in [1.54, 1.807) is 16.2 Å². The first kappa shape index (κ1) is 27.4. The van der Waals surface area contributed by atoms with Crippen molar-refractivity contribution in [3.05, 3.63) is 53.0 Å². The zero-order valence-electron chi connectivity index (χ0n) is 22.9. The van der Waals surface area contributed by atoms with Crippen LogP contribution in [0.1, 0.15) is 61.5 Å². The molecule has 1 saturated heterocycles. The Balaban J connectivity index is 1.22. The highest BCUT2D eigenvalue weighted by molar-refractivity contribution is 7.17. The van der Waals surface area contributed by atoms with Gasteiger partial charge in [0.05, 0.1) is 10.2 Å². The van der Waals surface area contributed by atoms with E-state index in [0.29, 0.717) is 12.2 Å². The molecule has 0 radical (unpaired) electrons. The van der Waals surface area contributed by atoms with Crippen molar-refractivity contribution < 1.29 is 14.4 Å². The van der Waals surface area contributed by atoms with Gasteiger partial charge in [-0.25, -0.2) is 0 Å². The van der Waals surface area contributed by atoms with Crippen LogP contribution in [0.4, 0.5) is 5.69 Å². The predicted octanol–water partition coefficient (Wildman–Crippen LogP) is 4.22. The molecule has 0 bridgehead atoms. The van der Waals surface area contributed by atoms with Crippen molar-refractivity contribution in [2.24, 2.45) is 5.92 Å². The van der Waals surface area contributed by atoms with Gasteiger partial charge in [-0.1, -0.05) is 12.1 Å². The molecule has 1 aliphatic carbocycles. The van der Waals surface area contributed by atoms with Crippen LogP contribution in [0.3, 0.4) is 0 Å². The first-order valence-corrected chi connectivity index (χ1v) is 15.1. The Morgan fingerprint density at radius 3 is 2.46 bits per heavy atom. The van der Waals surface area contributed by atoms with E-state index in [2.05, 4.69) is 16.0 Å².